The third-order valence-corrected chi connectivity index (χ3v) is 2.80. The van der Waals surface area contributed by atoms with Gasteiger partial charge in [-0.15, -0.1) is 0 Å². The van der Waals surface area contributed by atoms with E-state index in [1.54, 1.807) is 0 Å². The number of rotatable bonds is 5. The highest BCUT2D eigenvalue weighted by atomic mass is 19.1. The fourth-order valence-electron chi connectivity index (χ4n) is 1.42. The summed E-state index contributed by atoms with van der Waals surface area (Å²) in [5.41, 5.74) is -0.485. The number of hydrogen-bond acceptors (Lipinski definition) is 2. The minimum atomic E-state index is -0.831. The summed E-state index contributed by atoms with van der Waals surface area (Å²) in [5, 5.41) is 12.8. The van der Waals surface area contributed by atoms with Gasteiger partial charge in [-0.05, 0) is 25.0 Å². The fraction of sp³-hybridized carbons (Fsp3) is 0.500. The maximum atomic E-state index is 12.9. The zero-order chi connectivity index (χ0) is 12.2. The summed E-state index contributed by atoms with van der Waals surface area (Å²) >= 11 is 0. The molecule has 4 heteroatoms. The summed E-state index contributed by atoms with van der Waals surface area (Å²) < 4.78 is 25.7. The highest BCUT2D eigenvalue weighted by Gasteiger charge is 2.21. The Morgan fingerprint density at radius 3 is 2.06 bits per heavy atom. The predicted octanol–water partition coefficient (Wildman–Crippen LogP) is 2.93. The predicted molar refractivity (Wildman–Crippen MR) is 60.4 cm³/mol. The second kappa shape index (κ2) is 5.25. The summed E-state index contributed by atoms with van der Waals surface area (Å²) in [7, 11) is 0. The van der Waals surface area contributed by atoms with E-state index in [0.717, 1.165) is 6.07 Å². The first kappa shape index (κ1) is 12.9. The van der Waals surface area contributed by atoms with Gasteiger partial charge in [-0.3, -0.25) is 0 Å². The molecule has 2 nitrogen and oxygen atoms in total. The van der Waals surface area contributed by atoms with E-state index in [2.05, 4.69) is 5.32 Å². The van der Waals surface area contributed by atoms with Crippen LogP contribution in [0.4, 0.5) is 14.5 Å². The topological polar surface area (TPSA) is 32.3 Å². The molecular weight excluding hydrogens is 212 g/mol. The van der Waals surface area contributed by atoms with E-state index in [1.165, 1.54) is 12.1 Å². The Kier molecular flexibility index (Phi) is 4.24. The Balaban J connectivity index is 2.67. The van der Waals surface area contributed by atoms with Crippen LogP contribution >= 0.6 is 0 Å². The molecule has 0 aliphatic rings. The number of benzene rings is 1. The van der Waals surface area contributed by atoms with Gasteiger partial charge < -0.3 is 10.4 Å². The molecule has 1 aromatic carbocycles. The molecule has 90 valence electrons. The lowest BCUT2D eigenvalue weighted by atomic mass is 9.97. The van der Waals surface area contributed by atoms with Gasteiger partial charge in [0, 0.05) is 18.3 Å². The van der Waals surface area contributed by atoms with Crippen LogP contribution < -0.4 is 5.32 Å². The highest BCUT2D eigenvalue weighted by Crippen LogP contribution is 2.18. The van der Waals surface area contributed by atoms with E-state index in [4.69, 9.17) is 0 Å². The van der Waals surface area contributed by atoms with Crippen LogP contribution in [-0.2, 0) is 0 Å². The molecule has 0 spiro atoms. The van der Waals surface area contributed by atoms with Gasteiger partial charge in [-0.1, -0.05) is 13.8 Å². The minimum absolute atomic E-state index is 0.281. The molecule has 0 saturated heterocycles. The van der Waals surface area contributed by atoms with Crippen LogP contribution in [0.1, 0.15) is 26.7 Å². The van der Waals surface area contributed by atoms with Crippen LogP contribution in [0.25, 0.3) is 0 Å². The number of aliphatic hydroxyl groups is 1. The molecule has 0 heterocycles. The SMILES string of the molecule is CCC(O)(CC)CNc1cc(F)cc(F)c1. The van der Waals surface area contributed by atoms with E-state index < -0.39 is 17.2 Å². The zero-order valence-electron chi connectivity index (χ0n) is 9.56. The van der Waals surface area contributed by atoms with E-state index in [9.17, 15) is 13.9 Å². The van der Waals surface area contributed by atoms with Gasteiger partial charge in [0.1, 0.15) is 11.6 Å². The van der Waals surface area contributed by atoms with Gasteiger partial charge in [0.05, 0.1) is 5.60 Å². The fourth-order valence-corrected chi connectivity index (χ4v) is 1.42. The Labute approximate surface area is 94.3 Å². The Hall–Kier alpha value is -1.16. The monoisotopic (exact) mass is 229 g/mol. The maximum absolute atomic E-state index is 12.9. The van der Waals surface area contributed by atoms with Crippen molar-refractivity contribution in [1.29, 1.82) is 0 Å². The summed E-state index contributed by atoms with van der Waals surface area (Å²) in [6.07, 6.45) is 1.18. The quantitative estimate of drug-likeness (QED) is 0.813. The summed E-state index contributed by atoms with van der Waals surface area (Å²) in [4.78, 5) is 0. The molecule has 2 N–H and O–H groups in total. The third-order valence-electron chi connectivity index (χ3n) is 2.80. The Morgan fingerprint density at radius 1 is 1.12 bits per heavy atom. The molecule has 0 fully saturated rings. The molecule has 16 heavy (non-hydrogen) atoms. The van der Waals surface area contributed by atoms with Gasteiger partial charge >= 0.3 is 0 Å². The Morgan fingerprint density at radius 2 is 1.62 bits per heavy atom. The van der Waals surface area contributed by atoms with Crippen LogP contribution in [0.2, 0.25) is 0 Å². The second-order valence-corrected chi connectivity index (χ2v) is 3.94. The lowest BCUT2D eigenvalue weighted by molar-refractivity contribution is 0.0457. The van der Waals surface area contributed by atoms with Crippen LogP contribution in [0.15, 0.2) is 18.2 Å². The van der Waals surface area contributed by atoms with Gasteiger partial charge in [0.2, 0.25) is 0 Å². The molecule has 0 unspecified atom stereocenters. The lowest BCUT2D eigenvalue weighted by Crippen LogP contribution is -2.35. The van der Waals surface area contributed by atoms with Crippen molar-refractivity contribution in [2.45, 2.75) is 32.3 Å². The van der Waals surface area contributed by atoms with Crippen molar-refractivity contribution in [2.75, 3.05) is 11.9 Å². The van der Waals surface area contributed by atoms with Crippen LogP contribution in [0.5, 0.6) is 0 Å². The molecule has 1 aromatic rings. The maximum Gasteiger partial charge on any atom is 0.128 e. The van der Waals surface area contributed by atoms with Crippen molar-refractivity contribution in [3.8, 4) is 0 Å². The normalized spacial score (nSPS) is 11.6. The average Bonchev–Trinajstić information content (AvgIpc) is 2.25. The van der Waals surface area contributed by atoms with Crippen LogP contribution in [0, 0.1) is 11.6 Å². The molecule has 0 bridgehead atoms. The molecule has 0 radical (unpaired) electrons. The molecule has 0 atom stereocenters. The zero-order valence-corrected chi connectivity index (χ0v) is 9.56. The Bertz CT molecular complexity index is 331. The molecule has 0 aliphatic heterocycles. The summed E-state index contributed by atoms with van der Waals surface area (Å²) in [6, 6.07) is 3.22. The average molecular weight is 229 g/mol. The molecule has 0 amide bonds. The standard InChI is InChI=1S/C12H17F2NO/c1-3-12(16,4-2)8-15-11-6-9(13)5-10(14)7-11/h5-7,15-16H,3-4,8H2,1-2H3. The summed E-state index contributed by atoms with van der Waals surface area (Å²) in [6.45, 7) is 4.03. The van der Waals surface area contributed by atoms with Crippen molar-refractivity contribution in [2.24, 2.45) is 0 Å². The van der Waals surface area contributed by atoms with Crippen molar-refractivity contribution in [3.05, 3.63) is 29.8 Å². The highest BCUT2D eigenvalue weighted by molar-refractivity contribution is 5.43. The molecule has 0 saturated carbocycles. The number of halogens is 2. The van der Waals surface area contributed by atoms with E-state index >= 15 is 0 Å². The van der Waals surface area contributed by atoms with E-state index in [0.29, 0.717) is 18.5 Å². The largest absolute Gasteiger partial charge is 0.388 e. The van der Waals surface area contributed by atoms with E-state index in [-0.39, 0.29) is 6.54 Å². The second-order valence-electron chi connectivity index (χ2n) is 3.94. The summed E-state index contributed by atoms with van der Waals surface area (Å²) in [5.74, 6) is -1.25. The van der Waals surface area contributed by atoms with Crippen LogP contribution in [-0.4, -0.2) is 17.3 Å². The lowest BCUT2D eigenvalue weighted by Gasteiger charge is -2.25. The number of nitrogens with one attached hydrogen (secondary N) is 1. The first-order valence-electron chi connectivity index (χ1n) is 5.41. The van der Waals surface area contributed by atoms with Gasteiger partial charge in [-0.2, -0.15) is 0 Å². The smallest absolute Gasteiger partial charge is 0.128 e. The number of anilines is 1. The first-order valence-corrected chi connectivity index (χ1v) is 5.41. The molecular formula is C12H17F2NO. The van der Waals surface area contributed by atoms with Crippen LogP contribution in [0.3, 0.4) is 0 Å². The molecule has 0 aliphatic carbocycles. The van der Waals surface area contributed by atoms with Crippen molar-refractivity contribution >= 4 is 5.69 Å². The van der Waals surface area contributed by atoms with Crippen molar-refractivity contribution < 1.29 is 13.9 Å². The minimum Gasteiger partial charge on any atom is -0.388 e. The third kappa shape index (κ3) is 3.45. The molecule has 1 rings (SSSR count). The van der Waals surface area contributed by atoms with Gasteiger partial charge in [0.25, 0.3) is 0 Å². The van der Waals surface area contributed by atoms with Gasteiger partial charge in [-0.25, -0.2) is 8.78 Å². The van der Waals surface area contributed by atoms with E-state index in [1.807, 2.05) is 13.8 Å². The van der Waals surface area contributed by atoms with Crippen molar-refractivity contribution in [3.63, 3.8) is 0 Å². The number of hydrogen-bond donors (Lipinski definition) is 2. The van der Waals surface area contributed by atoms with Gasteiger partial charge in [0.15, 0.2) is 0 Å². The first-order chi connectivity index (χ1) is 7.49. The molecule has 0 aromatic heterocycles. The van der Waals surface area contributed by atoms with Crippen molar-refractivity contribution in [1.82, 2.24) is 0 Å².